The fraction of sp³-hybridized carbons (Fsp3) is 0.615. The SMILES string of the molecule is CCCCCN(CCO)C(=O)c1cc(Cl)c(Cl)n1C. The maximum Gasteiger partial charge on any atom is 0.270 e. The van der Waals surface area contributed by atoms with Gasteiger partial charge in [-0.2, -0.15) is 0 Å². The van der Waals surface area contributed by atoms with E-state index in [2.05, 4.69) is 6.92 Å². The fourth-order valence-electron chi connectivity index (χ4n) is 1.90. The molecule has 0 bridgehead atoms. The van der Waals surface area contributed by atoms with E-state index in [9.17, 15) is 4.79 Å². The van der Waals surface area contributed by atoms with Gasteiger partial charge in [0.2, 0.25) is 0 Å². The summed E-state index contributed by atoms with van der Waals surface area (Å²) in [5.41, 5.74) is 0.444. The molecule has 0 saturated carbocycles. The molecule has 6 heteroatoms. The van der Waals surface area contributed by atoms with Gasteiger partial charge in [0.15, 0.2) is 0 Å². The Labute approximate surface area is 123 Å². The molecule has 0 radical (unpaired) electrons. The molecular formula is C13H20Cl2N2O2. The first kappa shape index (κ1) is 16.3. The quantitative estimate of drug-likeness (QED) is 0.787. The van der Waals surface area contributed by atoms with E-state index in [1.807, 2.05) is 0 Å². The third-order valence-electron chi connectivity index (χ3n) is 3.02. The van der Waals surface area contributed by atoms with Gasteiger partial charge in [-0.1, -0.05) is 43.0 Å². The number of rotatable bonds is 7. The summed E-state index contributed by atoms with van der Waals surface area (Å²) >= 11 is 11.9. The molecule has 0 aliphatic rings. The van der Waals surface area contributed by atoms with Crippen molar-refractivity contribution >= 4 is 29.1 Å². The van der Waals surface area contributed by atoms with Gasteiger partial charge in [-0.15, -0.1) is 0 Å². The summed E-state index contributed by atoms with van der Waals surface area (Å²) in [4.78, 5) is 14.0. The van der Waals surface area contributed by atoms with Crippen molar-refractivity contribution < 1.29 is 9.90 Å². The maximum atomic E-state index is 12.4. The van der Waals surface area contributed by atoms with Crippen LogP contribution in [0, 0.1) is 0 Å². The molecule has 1 N–H and O–H groups in total. The molecule has 0 fully saturated rings. The molecule has 1 amide bonds. The van der Waals surface area contributed by atoms with Gasteiger partial charge in [-0.05, 0) is 12.5 Å². The summed E-state index contributed by atoms with van der Waals surface area (Å²) in [6.45, 7) is 3.01. The maximum absolute atomic E-state index is 12.4. The first-order chi connectivity index (χ1) is 9.02. The van der Waals surface area contributed by atoms with E-state index in [0.717, 1.165) is 19.3 Å². The molecule has 1 aromatic heterocycles. The van der Waals surface area contributed by atoms with E-state index < -0.39 is 0 Å². The van der Waals surface area contributed by atoms with Gasteiger partial charge in [0, 0.05) is 20.1 Å². The molecule has 0 aromatic carbocycles. The van der Waals surface area contributed by atoms with Gasteiger partial charge in [-0.25, -0.2) is 0 Å². The Morgan fingerprint density at radius 2 is 2.05 bits per heavy atom. The van der Waals surface area contributed by atoms with Gasteiger partial charge in [0.05, 0.1) is 11.6 Å². The second-order valence-electron chi connectivity index (χ2n) is 4.45. The van der Waals surface area contributed by atoms with Crippen LogP contribution in [0.5, 0.6) is 0 Å². The summed E-state index contributed by atoms with van der Waals surface area (Å²) in [5.74, 6) is -0.151. The Hall–Kier alpha value is -0.710. The van der Waals surface area contributed by atoms with Gasteiger partial charge in [-0.3, -0.25) is 4.79 Å². The van der Waals surface area contributed by atoms with E-state index in [1.165, 1.54) is 0 Å². The highest BCUT2D eigenvalue weighted by Crippen LogP contribution is 2.25. The van der Waals surface area contributed by atoms with Crippen molar-refractivity contribution in [2.24, 2.45) is 7.05 Å². The number of halogens is 2. The second kappa shape index (κ2) is 7.78. The molecular weight excluding hydrogens is 287 g/mol. The molecule has 0 aliphatic heterocycles. The summed E-state index contributed by atoms with van der Waals surface area (Å²) in [6.07, 6.45) is 3.07. The summed E-state index contributed by atoms with van der Waals surface area (Å²) in [5, 5.41) is 9.78. The number of hydrogen-bond acceptors (Lipinski definition) is 2. The Morgan fingerprint density at radius 1 is 1.37 bits per heavy atom. The minimum Gasteiger partial charge on any atom is -0.395 e. The van der Waals surface area contributed by atoms with Crippen molar-refractivity contribution in [2.45, 2.75) is 26.2 Å². The standard InChI is InChI=1S/C13H20Cl2N2O2/c1-3-4-5-6-17(7-8-18)13(19)11-9-10(14)12(15)16(11)2/h9,18H,3-8H2,1-2H3. The number of carbonyl (C=O) groups excluding carboxylic acids is 1. The molecule has 0 saturated heterocycles. The van der Waals surface area contributed by atoms with Crippen LogP contribution in [0.4, 0.5) is 0 Å². The average molecular weight is 307 g/mol. The predicted molar refractivity (Wildman–Crippen MR) is 77.9 cm³/mol. The van der Waals surface area contributed by atoms with Crippen LogP contribution in [0.1, 0.15) is 36.7 Å². The predicted octanol–water partition coefficient (Wildman–Crippen LogP) is 2.96. The first-order valence-corrected chi connectivity index (χ1v) is 7.19. The molecule has 0 aliphatic carbocycles. The van der Waals surface area contributed by atoms with Gasteiger partial charge in [0.25, 0.3) is 5.91 Å². The zero-order chi connectivity index (χ0) is 14.4. The van der Waals surface area contributed by atoms with Crippen molar-refractivity contribution in [3.63, 3.8) is 0 Å². The number of unbranched alkanes of at least 4 members (excludes halogenated alkanes) is 2. The third kappa shape index (κ3) is 4.13. The Kier molecular flexibility index (Phi) is 6.69. The lowest BCUT2D eigenvalue weighted by molar-refractivity contribution is 0.0709. The molecule has 1 aromatic rings. The smallest absolute Gasteiger partial charge is 0.270 e. The van der Waals surface area contributed by atoms with Crippen molar-refractivity contribution in [1.82, 2.24) is 9.47 Å². The molecule has 1 heterocycles. The number of aromatic nitrogens is 1. The number of aliphatic hydroxyl groups excluding tert-OH is 1. The van der Waals surface area contributed by atoms with Crippen LogP contribution in [0.2, 0.25) is 10.2 Å². The van der Waals surface area contributed by atoms with E-state index in [0.29, 0.717) is 29.0 Å². The van der Waals surface area contributed by atoms with E-state index >= 15 is 0 Å². The summed E-state index contributed by atoms with van der Waals surface area (Å²) < 4.78 is 1.57. The minimum absolute atomic E-state index is 0.0518. The minimum atomic E-state index is -0.151. The fourth-order valence-corrected chi connectivity index (χ4v) is 2.27. The molecule has 19 heavy (non-hydrogen) atoms. The normalized spacial score (nSPS) is 10.8. The zero-order valence-corrected chi connectivity index (χ0v) is 12.8. The van der Waals surface area contributed by atoms with Crippen LogP contribution in [0.3, 0.4) is 0 Å². The highest BCUT2D eigenvalue weighted by molar-refractivity contribution is 6.41. The Balaban J connectivity index is 2.83. The lowest BCUT2D eigenvalue weighted by atomic mass is 10.2. The highest BCUT2D eigenvalue weighted by Gasteiger charge is 2.20. The van der Waals surface area contributed by atoms with Gasteiger partial charge >= 0.3 is 0 Å². The van der Waals surface area contributed by atoms with E-state index in [1.54, 1.807) is 22.6 Å². The van der Waals surface area contributed by atoms with Crippen LogP contribution in [0.25, 0.3) is 0 Å². The molecule has 4 nitrogen and oxygen atoms in total. The Bertz CT molecular complexity index is 433. The van der Waals surface area contributed by atoms with Crippen LogP contribution in [0.15, 0.2) is 6.07 Å². The van der Waals surface area contributed by atoms with E-state index in [-0.39, 0.29) is 12.5 Å². The Morgan fingerprint density at radius 3 is 2.53 bits per heavy atom. The van der Waals surface area contributed by atoms with E-state index in [4.69, 9.17) is 28.3 Å². The van der Waals surface area contributed by atoms with Crippen LogP contribution >= 0.6 is 23.2 Å². The monoisotopic (exact) mass is 306 g/mol. The third-order valence-corrected chi connectivity index (χ3v) is 3.87. The van der Waals surface area contributed by atoms with Crippen molar-refractivity contribution in [1.29, 1.82) is 0 Å². The zero-order valence-electron chi connectivity index (χ0n) is 11.3. The molecule has 0 unspecified atom stereocenters. The molecule has 108 valence electrons. The highest BCUT2D eigenvalue weighted by atomic mass is 35.5. The van der Waals surface area contributed by atoms with Crippen LogP contribution in [-0.2, 0) is 7.05 Å². The molecule has 0 atom stereocenters. The topological polar surface area (TPSA) is 45.5 Å². The number of nitrogens with zero attached hydrogens (tertiary/aromatic N) is 2. The first-order valence-electron chi connectivity index (χ1n) is 6.43. The van der Waals surface area contributed by atoms with Crippen molar-refractivity contribution in [3.8, 4) is 0 Å². The van der Waals surface area contributed by atoms with Crippen LogP contribution in [-0.4, -0.2) is 40.2 Å². The number of amides is 1. The summed E-state index contributed by atoms with van der Waals surface area (Å²) in [6, 6.07) is 1.57. The lowest BCUT2D eigenvalue weighted by Gasteiger charge is -2.22. The van der Waals surface area contributed by atoms with Crippen LogP contribution < -0.4 is 0 Å². The lowest BCUT2D eigenvalue weighted by Crippen LogP contribution is -2.35. The van der Waals surface area contributed by atoms with Gasteiger partial charge < -0.3 is 14.6 Å². The summed E-state index contributed by atoms with van der Waals surface area (Å²) in [7, 11) is 1.70. The van der Waals surface area contributed by atoms with Gasteiger partial charge in [0.1, 0.15) is 10.8 Å². The number of aliphatic hydroxyl groups is 1. The second-order valence-corrected chi connectivity index (χ2v) is 5.22. The molecule has 0 spiro atoms. The number of hydrogen-bond donors (Lipinski definition) is 1. The average Bonchev–Trinajstić information content (AvgIpc) is 2.65. The largest absolute Gasteiger partial charge is 0.395 e. The van der Waals surface area contributed by atoms with Crippen molar-refractivity contribution in [3.05, 3.63) is 21.9 Å². The number of carbonyl (C=O) groups is 1. The molecule has 1 rings (SSSR count). The van der Waals surface area contributed by atoms with Crippen molar-refractivity contribution in [2.75, 3.05) is 19.7 Å².